The summed E-state index contributed by atoms with van der Waals surface area (Å²) in [5.74, 6) is 0. The van der Waals surface area contributed by atoms with E-state index in [1.54, 1.807) is 0 Å². The van der Waals surface area contributed by atoms with Crippen LogP contribution in [0.3, 0.4) is 0 Å². The summed E-state index contributed by atoms with van der Waals surface area (Å²) in [5.41, 5.74) is 37.4. The Balaban J connectivity index is 0.401. The Kier molecular flexibility index (Phi) is 31.2. The van der Waals surface area contributed by atoms with Crippen LogP contribution in [0.1, 0.15) is 206 Å². The third-order valence-electron chi connectivity index (χ3n) is 25.6. The van der Waals surface area contributed by atoms with E-state index < -0.39 is 0 Å². The van der Waals surface area contributed by atoms with Crippen molar-refractivity contribution in [3.8, 4) is 0 Å². The van der Waals surface area contributed by atoms with Crippen molar-refractivity contribution in [2.24, 2.45) is 0 Å². The van der Waals surface area contributed by atoms with Crippen LogP contribution in [-0.4, -0.2) is 0 Å². The normalized spacial score (nSPS) is 12.5. The Morgan fingerprint density at radius 2 is 0.152 bits per heavy atom. The molecule has 0 spiro atoms. The van der Waals surface area contributed by atoms with Gasteiger partial charge in [-0.2, -0.15) is 0 Å². The van der Waals surface area contributed by atoms with Crippen molar-refractivity contribution in [2.75, 3.05) is 0 Å². The smallest absolute Gasteiger partial charge is 0.00120 e. The van der Waals surface area contributed by atoms with E-state index in [9.17, 15) is 0 Å². The van der Waals surface area contributed by atoms with Gasteiger partial charge in [0.25, 0.3) is 0 Å². The van der Waals surface area contributed by atoms with Crippen molar-refractivity contribution in [1.82, 2.24) is 0 Å². The first kappa shape index (κ1) is 92.7. The third kappa shape index (κ3) is 27.5. The molecule has 17 aromatic carbocycles. The van der Waals surface area contributed by atoms with E-state index in [-0.39, 0.29) is 10.8 Å². The van der Waals surface area contributed by atoms with Gasteiger partial charge in [-0.1, -0.05) is 635 Å². The molecular formula is C138H112. The Hall–Kier alpha value is -17.2. The number of rotatable bonds is 33. The topological polar surface area (TPSA) is 0 Å². The van der Waals surface area contributed by atoms with Gasteiger partial charge in [0.05, 0.1) is 0 Å². The maximum absolute atomic E-state index is 2.37. The first-order chi connectivity index (χ1) is 67.7. The predicted molar refractivity (Wildman–Crippen MR) is 609 cm³/mol. The summed E-state index contributed by atoms with van der Waals surface area (Å²) in [6.45, 7) is 9.47. The van der Waals surface area contributed by atoms with E-state index in [0.29, 0.717) is 0 Å². The Bertz CT molecular complexity index is 7220. The Morgan fingerprint density at radius 3 is 0.232 bits per heavy atom. The lowest BCUT2D eigenvalue weighted by molar-refractivity contribution is 0.303. The molecule has 0 atom stereocenters. The van der Waals surface area contributed by atoms with Crippen LogP contribution in [0, 0.1) is 0 Å². The van der Waals surface area contributed by atoms with Crippen molar-refractivity contribution in [3.05, 3.63) is 603 Å². The first-order valence-corrected chi connectivity index (χ1v) is 47.6. The molecular weight excluding hydrogens is 1660 g/mol. The SMILES string of the molecule is CC(C)(c1ccc(/C=C/c2ccc(/C=C/c3ccc(/C=C/c4ccc(/C=C/c5ccc(/C=C/c6ccc(/C=C/c7ccc(/C=C/c8ccccc8)cc7)cc6)cc5)cc4)cc3)cc2)cc1)C(C)(C)c1ccc(/C=C/c2ccc(/C=C/c3ccc(/C=C/c4ccc(/C=C/c5ccc(/C=C/c6ccc(/C=C/c7ccc(/C=C/c8ccc(/C=C/c9ccccc9)cc8)cc7)cc6)cc5)cc4)cc3)cc2)cc1. The molecule has 0 aliphatic carbocycles. The van der Waals surface area contributed by atoms with Crippen molar-refractivity contribution in [3.63, 3.8) is 0 Å². The minimum Gasteiger partial charge on any atom is -0.0622 e. The zero-order valence-corrected chi connectivity index (χ0v) is 78.7. The zero-order valence-electron chi connectivity index (χ0n) is 78.7. The van der Waals surface area contributed by atoms with Crippen molar-refractivity contribution in [1.29, 1.82) is 0 Å². The van der Waals surface area contributed by atoms with Crippen LogP contribution < -0.4 is 0 Å². The molecule has 0 heteroatoms. The van der Waals surface area contributed by atoms with Crippen molar-refractivity contribution >= 4 is 182 Å². The highest BCUT2D eigenvalue weighted by Crippen LogP contribution is 2.44. The van der Waals surface area contributed by atoms with E-state index in [2.05, 4.69) is 622 Å². The van der Waals surface area contributed by atoms with Crippen LogP contribution in [0.4, 0.5) is 0 Å². The highest BCUT2D eigenvalue weighted by atomic mass is 14.4. The lowest BCUT2D eigenvalue weighted by atomic mass is 9.61. The maximum Gasteiger partial charge on any atom is -0.00120 e. The van der Waals surface area contributed by atoms with Crippen LogP contribution in [-0.2, 0) is 10.8 Å². The molecule has 0 fully saturated rings. The molecule has 0 unspecified atom stereocenters. The summed E-state index contributed by atoms with van der Waals surface area (Å²) < 4.78 is 0. The van der Waals surface area contributed by atoms with Crippen molar-refractivity contribution < 1.29 is 0 Å². The molecule has 0 amide bonds. The second-order valence-corrected chi connectivity index (χ2v) is 36.0. The van der Waals surface area contributed by atoms with E-state index in [1.165, 1.54) is 77.9 Å². The molecule has 0 bridgehead atoms. The quantitative estimate of drug-likeness (QED) is 0.0360. The second kappa shape index (κ2) is 46.5. The van der Waals surface area contributed by atoms with Gasteiger partial charge in [-0.05, 0) is 189 Å². The fourth-order valence-electron chi connectivity index (χ4n) is 16.1. The lowest BCUT2D eigenvalue weighted by Gasteiger charge is -2.43. The van der Waals surface area contributed by atoms with Gasteiger partial charge in [-0.25, -0.2) is 0 Å². The molecule has 0 radical (unpaired) electrons. The molecule has 17 rings (SSSR count). The molecule has 138 heavy (non-hydrogen) atoms. The first-order valence-electron chi connectivity index (χ1n) is 47.6. The Labute approximate surface area is 817 Å². The van der Waals surface area contributed by atoms with Crippen LogP contribution in [0.25, 0.3) is 182 Å². The van der Waals surface area contributed by atoms with Gasteiger partial charge in [0.1, 0.15) is 0 Å². The van der Waals surface area contributed by atoms with Gasteiger partial charge in [0, 0.05) is 0 Å². The molecule has 0 aliphatic heterocycles. The lowest BCUT2D eigenvalue weighted by Crippen LogP contribution is -2.40. The number of hydrogen-bond donors (Lipinski definition) is 0. The monoisotopic (exact) mass is 1770 g/mol. The number of hydrogen-bond acceptors (Lipinski definition) is 0. The Morgan fingerprint density at radius 1 is 0.0870 bits per heavy atom. The van der Waals surface area contributed by atoms with Gasteiger partial charge in [-0.3, -0.25) is 0 Å². The fraction of sp³-hybridized carbons (Fsp3) is 0.0435. The number of benzene rings is 17. The zero-order chi connectivity index (χ0) is 94.2. The van der Waals surface area contributed by atoms with Crippen molar-refractivity contribution in [2.45, 2.75) is 38.5 Å². The molecule has 664 valence electrons. The van der Waals surface area contributed by atoms with Crippen LogP contribution in [0.15, 0.2) is 425 Å². The average Bonchev–Trinajstić information content (AvgIpc) is 0.761. The van der Waals surface area contributed by atoms with Gasteiger partial charge >= 0.3 is 0 Å². The van der Waals surface area contributed by atoms with E-state index >= 15 is 0 Å². The third-order valence-corrected chi connectivity index (χ3v) is 25.6. The standard InChI is InChI=1S/C138H112/c1-137(2,135-101-97-133(98-102-135)95-93-131-89-85-129(86-90-131)83-81-127-77-73-125(74-78-127)71-69-123-65-61-121(62-66-123)54-52-118-49-45-116(46-50-118)42-40-114-37-33-112(34-38-114)30-28-110-25-21-108(22-26-110)18-16-106-13-9-6-10-14-106)138(3,4)136-103-99-134(100-104-136)96-94-132-91-87-130(88-92-132)84-82-128-79-75-126(76-80-128)72-70-124-67-63-122(64-68-124)60-59-120-57-55-119(56-58-120)53-51-117-47-43-115(44-48-117)41-39-113-35-31-111(32-36-113)29-27-109-23-19-107(20-24-109)17-15-105-11-7-5-8-12-105/h5-104H,1-4H3/b17-15+,18-16+,29-27+,30-28+,41-39+,42-40+,53-51+,54-52+,60-59+,71-69+,72-70+,83-81+,84-82+,95-93+,96-94+. The minimum absolute atomic E-state index is 0.138. The molecule has 17 aromatic rings. The van der Waals surface area contributed by atoms with E-state index in [0.717, 1.165) is 100 Å². The summed E-state index contributed by atoms with van der Waals surface area (Å²) >= 11 is 0. The van der Waals surface area contributed by atoms with Gasteiger partial charge in [0.2, 0.25) is 0 Å². The van der Waals surface area contributed by atoms with Gasteiger partial charge in [-0.15, -0.1) is 0 Å². The van der Waals surface area contributed by atoms with E-state index in [4.69, 9.17) is 0 Å². The molecule has 0 saturated carbocycles. The predicted octanol–water partition coefficient (Wildman–Crippen LogP) is 37.5. The largest absolute Gasteiger partial charge is 0.0622 e. The summed E-state index contributed by atoms with van der Waals surface area (Å²) in [5, 5.41) is 0. The molecule has 0 nitrogen and oxygen atoms in total. The summed E-state index contributed by atoms with van der Waals surface area (Å²) in [7, 11) is 0. The summed E-state index contributed by atoms with van der Waals surface area (Å²) in [6, 6.07) is 152. The minimum atomic E-state index is -0.138. The summed E-state index contributed by atoms with van der Waals surface area (Å²) in [4.78, 5) is 0. The molecule has 0 heterocycles. The molecule has 0 aliphatic rings. The van der Waals surface area contributed by atoms with Gasteiger partial charge in [0.15, 0.2) is 0 Å². The summed E-state index contributed by atoms with van der Waals surface area (Å²) in [6.07, 6.45) is 65.1. The molecule has 0 N–H and O–H groups in total. The average molecular weight is 1770 g/mol. The van der Waals surface area contributed by atoms with Crippen LogP contribution >= 0.6 is 0 Å². The van der Waals surface area contributed by atoms with E-state index in [1.807, 2.05) is 12.1 Å². The highest BCUT2D eigenvalue weighted by molar-refractivity contribution is 5.84. The fourth-order valence-corrected chi connectivity index (χ4v) is 16.1. The maximum atomic E-state index is 2.37. The second-order valence-electron chi connectivity index (χ2n) is 36.0. The molecule has 0 saturated heterocycles. The van der Waals surface area contributed by atoms with Crippen LogP contribution in [0.2, 0.25) is 0 Å². The highest BCUT2D eigenvalue weighted by Gasteiger charge is 2.39. The van der Waals surface area contributed by atoms with Crippen LogP contribution in [0.5, 0.6) is 0 Å². The molecule has 0 aromatic heterocycles. The van der Waals surface area contributed by atoms with Gasteiger partial charge < -0.3 is 0 Å².